The minimum atomic E-state index is -3.73. The number of amides is 1. The second kappa shape index (κ2) is 10.0. The second-order valence-electron chi connectivity index (χ2n) is 7.38. The molecule has 3 rings (SSSR count). The normalized spacial score (nSPS) is 13.3. The molecule has 1 amide bonds. The molecule has 0 radical (unpaired) electrons. The summed E-state index contributed by atoms with van der Waals surface area (Å²) in [4.78, 5) is 26.5. The highest BCUT2D eigenvalue weighted by Gasteiger charge is 2.29. The van der Waals surface area contributed by atoms with E-state index in [0.29, 0.717) is 17.1 Å². The van der Waals surface area contributed by atoms with Gasteiger partial charge in [-0.15, -0.1) is 0 Å². The average molecular weight is 463 g/mol. The molecule has 32 heavy (non-hydrogen) atoms. The minimum absolute atomic E-state index is 0.00341. The van der Waals surface area contributed by atoms with Crippen LogP contribution in [0.3, 0.4) is 0 Å². The highest BCUT2D eigenvalue weighted by atomic mass is 32.2. The molecule has 0 aliphatic heterocycles. The standard InChI is InChI=1S/C22H26N2O7S/c1-29-18-9-15(10-19(12-18)30-2)13-24(14-21(25)31-3)22(26)16-5-4-6-20(11-16)32(27,28)23-17-7-8-17/h4-6,9-12,17,23H,7-8,13-14H2,1-3H3. The zero-order valence-electron chi connectivity index (χ0n) is 18.2. The number of nitrogens with zero attached hydrogens (tertiary/aromatic N) is 1. The Bertz CT molecular complexity index is 1070. The minimum Gasteiger partial charge on any atom is -0.497 e. The first kappa shape index (κ1) is 23.6. The van der Waals surface area contributed by atoms with Crippen molar-refractivity contribution in [3.8, 4) is 11.5 Å². The number of carbonyl (C=O) groups is 2. The molecule has 1 saturated carbocycles. The van der Waals surface area contributed by atoms with Crippen LogP contribution in [0.15, 0.2) is 47.4 Å². The predicted octanol–water partition coefficient (Wildman–Crippen LogP) is 1.96. The molecule has 172 valence electrons. The van der Waals surface area contributed by atoms with Crippen LogP contribution in [0.5, 0.6) is 11.5 Å². The lowest BCUT2D eigenvalue weighted by atomic mass is 10.1. The van der Waals surface area contributed by atoms with E-state index in [9.17, 15) is 18.0 Å². The third kappa shape index (κ3) is 5.98. The van der Waals surface area contributed by atoms with Gasteiger partial charge in [-0.2, -0.15) is 0 Å². The lowest BCUT2D eigenvalue weighted by Gasteiger charge is -2.22. The molecule has 0 aromatic heterocycles. The highest BCUT2D eigenvalue weighted by Crippen LogP contribution is 2.25. The first-order valence-electron chi connectivity index (χ1n) is 9.96. The lowest BCUT2D eigenvalue weighted by Crippen LogP contribution is -2.36. The number of hydrogen-bond acceptors (Lipinski definition) is 7. The van der Waals surface area contributed by atoms with Gasteiger partial charge >= 0.3 is 5.97 Å². The molecule has 0 heterocycles. The quantitative estimate of drug-likeness (QED) is 0.537. The molecular formula is C22H26N2O7S. The van der Waals surface area contributed by atoms with Crippen LogP contribution < -0.4 is 14.2 Å². The molecule has 2 aromatic rings. The molecule has 0 bridgehead atoms. The molecule has 0 saturated heterocycles. The van der Waals surface area contributed by atoms with Gasteiger partial charge in [0.2, 0.25) is 10.0 Å². The topological polar surface area (TPSA) is 111 Å². The third-order valence-corrected chi connectivity index (χ3v) is 6.43. The Morgan fingerprint density at radius 2 is 1.69 bits per heavy atom. The summed E-state index contributed by atoms with van der Waals surface area (Å²) in [6.07, 6.45) is 1.60. The molecule has 9 nitrogen and oxygen atoms in total. The third-order valence-electron chi connectivity index (χ3n) is 4.91. The van der Waals surface area contributed by atoms with Gasteiger partial charge in [-0.25, -0.2) is 13.1 Å². The number of hydrogen-bond donors (Lipinski definition) is 1. The van der Waals surface area contributed by atoms with E-state index in [1.165, 1.54) is 50.5 Å². The molecule has 1 aliphatic rings. The fraction of sp³-hybridized carbons (Fsp3) is 0.364. The Balaban J connectivity index is 1.90. The number of sulfonamides is 1. The second-order valence-corrected chi connectivity index (χ2v) is 9.10. The van der Waals surface area contributed by atoms with E-state index in [-0.39, 0.29) is 29.6 Å². The molecule has 1 fully saturated rings. The van der Waals surface area contributed by atoms with Gasteiger partial charge in [0.25, 0.3) is 5.91 Å². The van der Waals surface area contributed by atoms with Crippen LogP contribution in [0.4, 0.5) is 0 Å². The van der Waals surface area contributed by atoms with Crippen LogP contribution in [0.2, 0.25) is 0 Å². The Kier molecular flexibility index (Phi) is 7.37. The number of esters is 1. The summed E-state index contributed by atoms with van der Waals surface area (Å²) < 4.78 is 43.0. The average Bonchev–Trinajstić information content (AvgIpc) is 3.61. The number of carbonyl (C=O) groups excluding carboxylic acids is 2. The molecule has 1 N–H and O–H groups in total. The summed E-state index contributed by atoms with van der Waals surface area (Å²) in [6.45, 7) is -0.259. The van der Waals surface area contributed by atoms with Crippen molar-refractivity contribution in [2.75, 3.05) is 27.9 Å². The van der Waals surface area contributed by atoms with E-state index in [2.05, 4.69) is 4.72 Å². The molecule has 1 aliphatic carbocycles. The van der Waals surface area contributed by atoms with Gasteiger partial charge in [-0.05, 0) is 48.7 Å². The van der Waals surface area contributed by atoms with Crippen LogP contribution in [0.1, 0.15) is 28.8 Å². The summed E-state index contributed by atoms with van der Waals surface area (Å²) in [5, 5.41) is 0. The van der Waals surface area contributed by atoms with E-state index >= 15 is 0 Å². The van der Waals surface area contributed by atoms with E-state index in [1.54, 1.807) is 18.2 Å². The van der Waals surface area contributed by atoms with Crippen LogP contribution in [0, 0.1) is 0 Å². The Labute approximate surface area is 187 Å². The zero-order chi connectivity index (χ0) is 23.3. The first-order valence-corrected chi connectivity index (χ1v) is 11.4. The SMILES string of the molecule is COC(=O)CN(Cc1cc(OC)cc(OC)c1)C(=O)c1cccc(S(=O)(=O)NC2CC2)c1. The monoisotopic (exact) mass is 462 g/mol. The summed E-state index contributed by atoms with van der Waals surface area (Å²) in [6, 6.07) is 10.8. The van der Waals surface area contributed by atoms with E-state index in [0.717, 1.165) is 12.8 Å². The van der Waals surface area contributed by atoms with Gasteiger partial charge in [0, 0.05) is 24.2 Å². The van der Waals surface area contributed by atoms with Crippen molar-refractivity contribution in [1.82, 2.24) is 9.62 Å². The van der Waals surface area contributed by atoms with E-state index in [4.69, 9.17) is 14.2 Å². The Morgan fingerprint density at radius 3 is 2.25 bits per heavy atom. The fourth-order valence-electron chi connectivity index (χ4n) is 3.07. The molecule has 0 spiro atoms. The van der Waals surface area contributed by atoms with Crippen molar-refractivity contribution in [2.24, 2.45) is 0 Å². The zero-order valence-corrected chi connectivity index (χ0v) is 19.0. The first-order chi connectivity index (χ1) is 15.2. The fourth-order valence-corrected chi connectivity index (χ4v) is 4.42. The number of rotatable bonds is 10. The maximum absolute atomic E-state index is 13.3. The summed E-state index contributed by atoms with van der Waals surface area (Å²) in [5.74, 6) is -0.0545. The van der Waals surface area contributed by atoms with E-state index < -0.39 is 21.9 Å². The maximum Gasteiger partial charge on any atom is 0.325 e. The molecule has 0 unspecified atom stereocenters. The molecular weight excluding hydrogens is 436 g/mol. The van der Waals surface area contributed by atoms with Crippen LogP contribution in [0.25, 0.3) is 0 Å². The van der Waals surface area contributed by atoms with Gasteiger partial charge in [0.15, 0.2) is 0 Å². The van der Waals surface area contributed by atoms with Gasteiger partial charge in [0.05, 0.1) is 26.2 Å². The number of nitrogens with one attached hydrogen (secondary N) is 1. The largest absolute Gasteiger partial charge is 0.497 e. The van der Waals surface area contributed by atoms with Gasteiger partial charge in [0.1, 0.15) is 18.0 Å². The van der Waals surface area contributed by atoms with Crippen LogP contribution in [-0.4, -0.2) is 59.1 Å². The highest BCUT2D eigenvalue weighted by molar-refractivity contribution is 7.89. The van der Waals surface area contributed by atoms with E-state index in [1.807, 2.05) is 0 Å². The van der Waals surface area contributed by atoms with Crippen molar-refractivity contribution in [1.29, 1.82) is 0 Å². The predicted molar refractivity (Wildman–Crippen MR) is 116 cm³/mol. The Morgan fingerprint density at radius 1 is 1.03 bits per heavy atom. The molecule has 0 atom stereocenters. The smallest absolute Gasteiger partial charge is 0.325 e. The number of methoxy groups -OCH3 is 3. The molecule has 2 aromatic carbocycles. The van der Waals surface area contributed by atoms with Gasteiger partial charge < -0.3 is 19.1 Å². The summed E-state index contributed by atoms with van der Waals surface area (Å²) >= 11 is 0. The lowest BCUT2D eigenvalue weighted by molar-refractivity contribution is -0.141. The van der Waals surface area contributed by atoms with Gasteiger partial charge in [-0.1, -0.05) is 6.07 Å². The van der Waals surface area contributed by atoms with Gasteiger partial charge in [-0.3, -0.25) is 9.59 Å². The summed E-state index contributed by atoms with van der Waals surface area (Å²) in [7, 11) is 0.527. The van der Waals surface area contributed by atoms with Crippen molar-refractivity contribution < 1.29 is 32.2 Å². The number of benzene rings is 2. The van der Waals surface area contributed by atoms with Crippen LogP contribution >= 0.6 is 0 Å². The Hall–Kier alpha value is -3.11. The number of ether oxygens (including phenoxy) is 3. The van der Waals surface area contributed by atoms with Crippen molar-refractivity contribution >= 4 is 21.9 Å². The van der Waals surface area contributed by atoms with Crippen LogP contribution in [-0.2, 0) is 26.1 Å². The molecule has 10 heteroatoms. The summed E-state index contributed by atoms with van der Waals surface area (Å²) in [5.41, 5.74) is 0.806. The van der Waals surface area contributed by atoms with Crippen molar-refractivity contribution in [2.45, 2.75) is 30.3 Å². The van der Waals surface area contributed by atoms with Crippen molar-refractivity contribution in [3.63, 3.8) is 0 Å². The van der Waals surface area contributed by atoms with Crippen molar-refractivity contribution in [3.05, 3.63) is 53.6 Å². The maximum atomic E-state index is 13.3.